The number of hydrogen-bond acceptors (Lipinski definition) is 6. The van der Waals surface area contributed by atoms with E-state index in [9.17, 15) is 14.9 Å². The molecule has 0 saturated carbocycles. The fraction of sp³-hybridized carbons (Fsp3) is 0.308. The van der Waals surface area contributed by atoms with Gasteiger partial charge in [-0.25, -0.2) is 0 Å². The second-order valence-electron chi connectivity index (χ2n) is 3.79. The van der Waals surface area contributed by atoms with Crippen molar-refractivity contribution in [1.29, 1.82) is 0 Å². The molecule has 1 aromatic rings. The van der Waals surface area contributed by atoms with E-state index in [0.717, 1.165) is 0 Å². The maximum atomic E-state index is 11.1. The predicted octanol–water partition coefficient (Wildman–Crippen LogP) is 2.12. The Morgan fingerprint density at radius 1 is 1.25 bits per heavy atom. The normalized spacial score (nSPS) is 11.5. The van der Waals surface area contributed by atoms with E-state index >= 15 is 0 Å². The SMILES string of the molecule is COC(OC)/C(=C\c1ccc([N+](=O)[O-])cc1)OC(C)=O. The molecule has 0 bridgehead atoms. The number of non-ortho nitro benzene ring substituents is 1. The number of ether oxygens (including phenoxy) is 3. The standard InChI is InChI=1S/C13H15NO6/c1-9(15)20-12(13(18-2)19-3)8-10-4-6-11(7-5-10)14(16)17/h4-8,13H,1-3H3/b12-8+. The average Bonchev–Trinajstić information content (AvgIpc) is 2.40. The molecule has 0 amide bonds. The minimum atomic E-state index is -0.839. The fourth-order valence-corrected chi connectivity index (χ4v) is 1.50. The van der Waals surface area contributed by atoms with Crippen LogP contribution >= 0.6 is 0 Å². The number of esters is 1. The second kappa shape index (κ2) is 7.37. The van der Waals surface area contributed by atoms with Gasteiger partial charge in [-0.05, 0) is 23.8 Å². The summed E-state index contributed by atoms with van der Waals surface area (Å²) in [6, 6.07) is 5.77. The number of carbonyl (C=O) groups is 1. The Kier molecular flexibility index (Phi) is 5.82. The number of rotatable bonds is 6. The molecule has 0 aromatic heterocycles. The number of nitro benzene ring substituents is 1. The van der Waals surface area contributed by atoms with Crippen LogP contribution in [0.2, 0.25) is 0 Å². The molecule has 0 atom stereocenters. The molecule has 1 rings (SSSR count). The molecule has 0 radical (unpaired) electrons. The van der Waals surface area contributed by atoms with E-state index in [1.807, 2.05) is 0 Å². The Morgan fingerprint density at radius 3 is 2.20 bits per heavy atom. The number of benzene rings is 1. The molecule has 0 unspecified atom stereocenters. The maximum absolute atomic E-state index is 11.1. The number of methoxy groups -OCH3 is 2. The first-order valence-corrected chi connectivity index (χ1v) is 5.68. The highest BCUT2D eigenvalue weighted by atomic mass is 16.7. The molecule has 0 aliphatic carbocycles. The first kappa shape index (κ1) is 15.8. The smallest absolute Gasteiger partial charge is 0.307 e. The minimum absolute atomic E-state index is 0.0220. The third-order valence-corrected chi connectivity index (χ3v) is 2.33. The van der Waals surface area contributed by atoms with Crippen LogP contribution in [-0.4, -0.2) is 31.4 Å². The molecule has 7 nitrogen and oxygen atoms in total. The van der Waals surface area contributed by atoms with Crippen LogP contribution in [-0.2, 0) is 19.0 Å². The Hall–Kier alpha value is -2.25. The molecule has 7 heteroatoms. The van der Waals surface area contributed by atoms with E-state index in [1.54, 1.807) is 0 Å². The summed E-state index contributed by atoms with van der Waals surface area (Å²) < 4.78 is 15.1. The van der Waals surface area contributed by atoms with Crippen molar-refractivity contribution in [2.75, 3.05) is 14.2 Å². The van der Waals surface area contributed by atoms with Crippen LogP contribution in [0.3, 0.4) is 0 Å². The maximum Gasteiger partial charge on any atom is 0.307 e. The van der Waals surface area contributed by atoms with Crippen molar-refractivity contribution >= 4 is 17.7 Å². The molecule has 1 aromatic carbocycles. The summed E-state index contributed by atoms with van der Waals surface area (Å²) >= 11 is 0. The Morgan fingerprint density at radius 2 is 1.80 bits per heavy atom. The Labute approximate surface area is 115 Å². The number of carbonyl (C=O) groups excluding carboxylic acids is 1. The van der Waals surface area contributed by atoms with Crippen LogP contribution in [0, 0.1) is 10.1 Å². The van der Waals surface area contributed by atoms with Crippen LogP contribution in [0.5, 0.6) is 0 Å². The van der Waals surface area contributed by atoms with Crippen molar-refractivity contribution in [3.05, 3.63) is 45.7 Å². The van der Waals surface area contributed by atoms with Gasteiger partial charge in [0.2, 0.25) is 6.29 Å². The predicted molar refractivity (Wildman–Crippen MR) is 70.6 cm³/mol. The summed E-state index contributed by atoms with van der Waals surface area (Å²) in [7, 11) is 2.81. The minimum Gasteiger partial charge on any atom is -0.426 e. The molecule has 0 aliphatic heterocycles. The van der Waals surface area contributed by atoms with Gasteiger partial charge in [-0.1, -0.05) is 0 Å². The van der Waals surface area contributed by atoms with Gasteiger partial charge < -0.3 is 14.2 Å². The van der Waals surface area contributed by atoms with Gasteiger partial charge in [-0.15, -0.1) is 0 Å². The fourth-order valence-electron chi connectivity index (χ4n) is 1.50. The van der Waals surface area contributed by atoms with Gasteiger partial charge in [0.15, 0.2) is 5.76 Å². The quantitative estimate of drug-likeness (QED) is 0.261. The topological polar surface area (TPSA) is 87.9 Å². The molecule has 20 heavy (non-hydrogen) atoms. The molecular weight excluding hydrogens is 266 g/mol. The van der Waals surface area contributed by atoms with Crippen LogP contribution in [0.1, 0.15) is 12.5 Å². The molecule has 0 heterocycles. The first-order valence-electron chi connectivity index (χ1n) is 5.68. The van der Waals surface area contributed by atoms with E-state index in [0.29, 0.717) is 5.56 Å². The van der Waals surface area contributed by atoms with E-state index in [4.69, 9.17) is 14.2 Å². The van der Waals surface area contributed by atoms with Gasteiger partial charge in [-0.2, -0.15) is 0 Å². The largest absolute Gasteiger partial charge is 0.426 e. The van der Waals surface area contributed by atoms with E-state index in [-0.39, 0.29) is 11.4 Å². The lowest BCUT2D eigenvalue weighted by Gasteiger charge is -2.16. The van der Waals surface area contributed by atoms with Gasteiger partial charge in [0, 0.05) is 33.3 Å². The van der Waals surface area contributed by atoms with Crippen molar-refractivity contribution in [2.45, 2.75) is 13.2 Å². The molecule has 0 N–H and O–H groups in total. The molecule has 0 spiro atoms. The van der Waals surface area contributed by atoms with Crippen LogP contribution < -0.4 is 0 Å². The van der Waals surface area contributed by atoms with Gasteiger partial charge in [-0.3, -0.25) is 14.9 Å². The summed E-state index contributed by atoms with van der Waals surface area (Å²) in [6.07, 6.45) is 0.678. The zero-order valence-corrected chi connectivity index (χ0v) is 11.4. The van der Waals surface area contributed by atoms with Crippen LogP contribution in [0.4, 0.5) is 5.69 Å². The van der Waals surface area contributed by atoms with Gasteiger partial charge in [0.25, 0.3) is 5.69 Å². The van der Waals surface area contributed by atoms with E-state index in [1.165, 1.54) is 51.5 Å². The summed E-state index contributed by atoms with van der Waals surface area (Å²) in [5.74, 6) is -0.353. The van der Waals surface area contributed by atoms with Crippen molar-refractivity contribution in [3.8, 4) is 0 Å². The monoisotopic (exact) mass is 281 g/mol. The van der Waals surface area contributed by atoms with Crippen molar-refractivity contribution in [3.63, 3.8) is 0 Å². The highest BCUT2D eigenvalue weighted by Crippen LogP contribution is 2.18. The Balaban J connectivity index is 3.05. The second-order valence-corrected chi connectivity index (χ2v) is 3.79. The van der Waals surface area contributed by atoms with Crippen molar-refractivity contribution < 1.29 is 23.9 Å². The highest BCUT2D eigenvalue weighted by Gasteiger charge is 2.16. The van der Waals surface area contributed by atoms with Gasteiger partial charge in [0.05, 0.1) is 4.92 Å². The van der Waals surface area contributed by atoms with E-state index in [2.05, 4.69) is 0 Å². The summed E-state index contributed by atoms with van der Waals surface area (Å²) in [5, 5.41) is 10.6. The molecule has 0 fully saturated rings. The average molecular weight is 281 g/mol. The number of nitrogens with zero attached hydrogens (tertiary/aromatic N) is 1. The number of hydrogen-bond donors (Lipinski definition) is 0. The molecular formula is C13H15NO6. The lowest BCUT2D eigenvalue weighted by Crippen LogP contribution is -2.19. The zero-order chi connectivity index (χ0) is 15.1. The molecule has 0 saturated heterocycles. The van der Waals surface area contributed by atoms with E-state index < -0.39 is 17.2 Å². The van der Waals surface area contributed by atoms with Gasteiger partial charge >= 0.3 is 5.97 Å². The third-order valence-electron chi connectivity index (χ3n) is 2.33. The summed E-state index contributed by atoms with van der Waals surface area (Å²) in [6.45, 7) is 1.26. The first-order chi connectivity index (χ1) is 9.47. The zero-order valence-electron chi connectivity index (χ0n) is 11.4. The highest BCUT2D eigenvalue weighted by molar-refractivity contribution is 5.69. The molecule has 0 aliphatic rings. The Bertz CT molecular complexity index is 504. The summed E-state index contributed by atoms with van der Waals surface area (Å²) in [4.78, 5) is 21.1. The van der Waals surface area contributed by atoms with Crippen molar-refractivity contribution in [2.24, 2.45) is 0 Å². The molecule has 108 valence electrons. The summed E-state index contributed by atoms with van der Waals surface area (Å²) in [5.41, 5.74) is 0.595. The van der Waals surface area contributed by atoms with Crippen LogP contribution in [0.25, 0.3) is 6.08 Å². The van der Waals surface area contributed by atoms with Gasteiger partial charge in [0.1, 0.15) is 0 Å². The lowest BCUT2D eigenvalue weighted by atomic mass is 10.2. The lowest BCUT2D eigenvalue weighted by molar-refractivity contribution is -0.384. The van der Waals surface area contributed by atoms with Crippen LogP contribution in [0.15, 0.2) is 30.0 Å². The third kappa shape index (κ3) is 4.45. The van der Waals surface area contributed by atoms with Crippen molar-refractivity contribution in [1.82, 2.24) is 0 Å². The number of nitro groups is 1.